The summed E-state index contributed by atoms with van der Waals surface area (Å²) >= 11 is 0. The Balaban J connectivity index is 1.81. The highest BCUT2D eigenvalue weighted by Crippen LogP contribution is 2.56. The van der Waals surface area contributed by atoms with Gasteiger partial charge in [0.15, 0.2) is 0 Å². The van der Waals surface area contributed by atoms with Gasteiger partial charge in [-0.15, -0.1) is 0 Å². The first-order chi connectivity index (χ1) is 10.7. The van der Waals surface area contributed by atoms with Crippen molar-refractivity contribution in [2.75, 3.05) is 6.54 Å². The first-order valence-electron chi connectivity index (χ1n) is 9.24. The zero-order valence-corrected chi connectivity index (χ0v) is 14.0. The van der Waals surface area contributed by atoms with Crippen LogP contribution in [-0.4, -0.2) is 28.6 Å². The molecule has 22 heavy (non-hydrogen) atoms. The highest BCUT2D eigenvalue weighted by molar-refractivity contribution is 5.45. The fourth-order valence-electron chi connectivity index (χ4n) is 5.80. The Bertz CT molecular complexity index is 569. The van der Waals surface area contributed by atoms with E-state index in [1.54, 1.807) is 0 Å². The summed E-state index contributed by atoms with van der Waals surface area (Å²) < 4.78 is 0. The van der Waals surface area contributed by atoms with Crippen LogP contribution < -0.4 is 0 Å². The zero-order chi connectivity index (χ0) is 15.3. The molecule has 1 N–H and O–H groups in total. The van der Waals surface area contributed by atoms with Crippen LogP contribution in [0.1, 0.15) is 63.5 Å². The molecule has 1 aliphatic heterocycles. The topological polar surface area (TPSA) is 23.5 Å². The van der Waals surface area contributed by atoms with Crippen molar-refractivity contribution in [1.29, 1.82) is 0 Å². The number of fused-ring (bicyclic) bond motifs is 1. The van der Waals surface area contributed by atoms with Gasteiger partial charge in [0.2, 0.25) is 0 Å². The molecular weight excluding hydrogens is 270 g/mol. The molecule has 2 heteroatoms. The summed E-state index contributed by atoms with van der Waals surface area (Å²) in [5, 5.41) is 10.0. The maximum Gasteiger partial charge on any atom is 0.115 e. The standard InChI is InChI=1S/C20H29NO/c1-3-14(2)21-11-10-20-9-5-4-6-17(20)19(21)12-15-7-8-16(22)13-18(15)20/h7-8,13-14,17,19,22H,3-6,9-12H2,1-2H3. The zero-order valence-electron chi connectivity index (χ0n) is 14.0. The third-order valence-corrected chi connectivity index (χ3v) is 7.02. The third-order valence-electron chi connectivity index (χ3n) is 7.02. The number of rotatable bonds is 2. The van der Waals surface area contributed by atoms with E-state index in [0.29, 0.717) is 17.2 Å². The quantitative estimate of drug-likeness (QED) is 0.882. The van der Waals surface area contributed by atoms with Crippen LogP contribution in [0.3, 0.4) is 0 Å². The molecule has 4 unspecified atom stereocenters. The highest BCUT2D eigenvalue weighted by Gasteiger charge is 2.54. The Morgan fingerprint density at radius 2 is 2.18 bits per heavy atom. The van der Waals surface area contributed by atoms with Crippen molar-refractivity contribution in [2.45, 2.75) is 76.3 Å². The summed E-state index contributed by atoms with van der Waals surface area (Å²) in [6.07, 6.45) is 9.19. The van der Waals surface area contributed by atoms with Gasteiger partial charge in [-0.2, -0.15) is 0 Å². The van der Waals surface area contributed by atoms with E-state index in [4.69, 9.17) is 0 Å². The number of benzene rings is 1. The molecule has 1 saturated carbocycles. The van der Waals surface area contributed by atoms with Gasteiger partial charge in [0.1, 0.15) is 5.75 Å². The van der Waals surface area contributed by atoms with E-state index in [-0.39, 0.29) is 0 Å². The Morgan fingerprint density at radius 1 is 1.32 bits per heavy atom. The SMILES string of the molecule is CCC(C)N1CCC23CCCCC2C1Cc1ccc(O)cc13. The number of phenolic OH excluding ortho intramolecular Hbond substituents is 1. The molecule has 4 atom stereocenters. The molecule has 1 aromatic rings. The molecule has 120 valence electrons. The number of hydrogen-bond donors (Lipinski definition) is 1. The summed E-state index contributed by atoms with van der Waals surface area (Å²) in [4.78, 5) is 2.81. The van der Waals surface area contributed by atoms with Crippen LogP contribution in [0.25, 0.3) is 0 Å². The van der Waals surface area contributed by atoms with Gasteiger partial charge < -0.3 is 5.11 Å². The van der Waals surface area contributed by atoms with E-state index in [9.17, 15) is 5.11 Å². The van der Waals surface area contributed by atoms with Gasteiger partial charge in [-0.3, -0.25) is 4.90 Å². The molecule has 2 bridgehead atoms. The van der Waals surface area contributed by atoms with Crippen molar-refractivity contribution in [3.8, 4) is 5.75 Å². The fraction of sp³-hybridized carbons (Fsp3) is 0.700. The lowest BCUT2D eigenvalue weighted by molar-refractivity contribution is -0.0307. The molecule has 3 aliphatic rings. The maximum absolute atomic E-state index is 10.0. The van der Waals surface area contributed by atoms with Crippen LogP contribution in [0, 0.1) is 5.92 Å². The normalized spacial score (nSPS) is 35.5. The average molecular weight is 299 g/mol. The van der Waals surface area contributed by atoms with Crippen molar-refractivity contribution in [3.63, 3.8) is 0 Å². The lowest BCUT2D eigenvalue weighted by Gasteiger charge is -2.60. The molecule has 0 amide bonds. The summed E-state index contributed by atoms with van der Waals surface area (Å²) in [7, 11) is 0. The van der Waals surface area contributed by atoms with Crippen molar-refractivity contribution in [1.82, 2.24) is 4.90 Å². The van der Waals surface area contributed by atoms with E-state index in [2.05, 4.69) is 30.9 Å². The van der Waals surface area contributed by atoms with Crippen LogP contribution in [0.2, 0.25) is 0 Å². The number of hydrogen-bond acceptors (Lipinski definition) is 2. The van der Waals surface area contributed by atoms with Crippen molar-refractivity contribution in [2.24, 2.45) is 5.92 Å². The van der Waals surface area contributed by atoms with Crippen molar-refractivity contribution < 1.29 is 5.11 Å². The molecule has 1 saturated heterocycles. The molecule has 0 aromatic heterocycles. The number of phenols is 1. The maximum atomic E-state index is 10.0. The van der Waals surface area contributed by atoms with Gasteiger partial charge in [-0.05, 0) is 74.8 Å². The van der Waals surface area contributed by atoms with Crippen molar-refractivity contribution in [3.05, 3.63) is 29.3 Å². The van der Waals surface area contributed by atoms with Crippen LogP contribution >= 0.6 is 0 Å². The number of likely N-dealkylation sites (tertiary alicyclic amines) is 1. The minimum Gasteiger partial charge on any atom is -0.508 e. The summed E-state index contributed by atoms with van der Waals surface area (Å²) in [6, 6.07) is 7.61. The molecule has 0 radical (unpaired) electrons. The predicted octanol–water partition coefficient (Wildman–Crippen LogP) is 4.25. The molecular formula is C20H29NO. The van der Waals surface area contributed by atoms with Crippen LogP contribution in [0.4, 0.5) is 0 Å². The van der Waals surface area contributed by atoms with E-state index in [1.165, 1.54) is 62.6 Å². The minimum absolute atomic E-state index is 0.360. The average Bonchev–Trinajstić information content (AvgIpc) is 2.55. The Morgan fingerprint density at radius 3 is 3.00 bits per heavy atom. The van der Waals surface area contributed by atoms with E-state index in [1.807, 2.05) is 6.07 Å². The van der Waals surface area contributed by atoms with Gasteiger partial charge in [0.25, 0.3) is 0 Å². The molecule has 4 rings (SSSR count). The first kappa shape index (κ1) is 14.6. The lowest BCUT2D eigenvalue weighted by Crippen LogP contribution is -2.62. The Kier molecular flexibility index (Phi) is 3.48. The third kappa shape index (κ3) is 1.96. The smallest absolute Gasteiger partial charge is 0.115 e. The van der Waals surface area contributed by atoms with E-state index in [0.717, 1.165) is 12.0 Å². The molecule has 0 spiro atoms. The monoisotopic (exact) mass is 299 g/mol. The predicted molar refractivity (Wildman–Crippen MR) is 90.3 cm³/mol. The van der Waals surface area contributed by atoms with Gasteiger partial charge >= 0.3 is 0 Å². The molecule has 2 fully saturated rings. The van der Waals surface area contributed by atoms with Gasteiger partial charge in [-0.25, -0.2) is 0 Å². The summed E-state index contributed by atoms with van der Waals surface area (Å²) in [6.45, 7) is 5.97. The number of piperidine rings is 1. The van der Waals surface area contributed by atoms with Gasteiger partial charge in [0, 0.05) is 17.5 Å². The lowest BCUT2D eigenvalue weighted by atomic mass is 9.52. The Labute approximate surface area is 134 Å². The van der Waals surface area contributed by atoms with Gasteiger partial charge in [-0.1, -0.05) is 25.8 Å². The van der Waals surface area contributed by atoms with Crippen molar-refractivity contribution >= 4 is 0 Å². The second-order valence-electron chi connectivity index (χ2n) is 7.87. The summed E-state index contributed by atoms with van der Waals surface area (Å²) in [5.41, 5.74) is 3.37. The summed E-state index contributed by atoms with van der Waals surface area (Å²) in [5.74, 6) is 1.26. The molecule has 2 aliphatic carbocycles. The molecule has 1 heterocycles. The number of aromatic hydroxyl groups is 1. The molecule has 1 aromatic carbocycles. The highest BCUT2D eigenvalue weighted by atomic mass is 16.3. The van der Waals surface area contributed by atoms with Gasteiger partial charge in [0.05, 0.1) is 0 Å². The van der Waals surface area contributed by atoms with E-state index < -0.39 is 0 Å². The second-order valence-corrected chi connectivity index (χ2v) is 7.87. The van der Waals surface area contributed by atoms with Crippen LogP contribution in [-0.2, 0) is 11.8 Å². The second kappa shape index (κ2) is 5.26. The van der Waals surface area contributed by atoms with Crippen LogP contribution in [0.15, 0.2) is 18.2 Å². The fourth-order valence-corrected chi connectivity index (χ4v) is 5.80. The van der Waals surface area contributed by atoms with Crippen LogP contribution in [0.5, 0.6) is 5.75 Å². The first-order valence-corrected chi connectivity index (χ1v) is 9.24. The largest absolute Gasteiger partial charge is 0.508 e. The molecule has 2 nitrogen and oxygen atoms in total. The Hall–Kier alpha value is -1.02. The van der Waals surface area contributed by atoms with E-state index >= 15 is 0 Å². The number of nitrogens with zero attached hydrogens (tertiary/aromatic N) is 1. The minimum atomic E-state index is 0.360.